The van der Waals surface area contributed by atoms with Crippen LogP contribution < -0.4 is 5.32 Å². The summed E-state index contributed by atoms with van der Waals surface area (Å²) in [6.07, 6.45) is -0.913. The third kappa shape index (κ3) is 3.70. The van der Waals surface area contributed by atoms with Gasteiger partial charge >= 0.3 is 6.18 Å². The zero-order valence-corrected chi connectivity index (χ0v) is 10.6. The van der Waals surface area contributed by atoms with Gasteiger partial charge in [0.15, 0.2) is 0 Å². The van der Waals surface area contributed by atoms with Gasteiger partial charge in [0, 0.05) is 18.5 Å². The fourth-order valence-corrected chi connectivity index (χ4v) is 2.18. The molecule has 1 fully saturated rings. The number of hydrogen-bond donors (Lipinski definition) is 2. The van der Waals surface area contributed by atoms with E-state index in [9.17, 15) is 18.3 Å². The van der Waals surface area contributed by atoms with E-state index in [1.807, 2.05) is 0 Å². The Bertz CT molecular complexity index is 415. The van der Waals surface area contributed by atoms with E-state index in [-0.39, 0.29) is 12.5 Å². The van der Waals surface area contributed by atoms with Crippen LogP contribution in [0.15, 0.2) is 24.3 Å². The summed E-state index contributed by atoms with van der Waals surface area (Å²) in [7, 11) is 0. The van der Waals surface area contributed by atoms with Crippen LogP contribution in [-0.4, -0.2) is 24.3 Å². The van der Waals surface area contributed by atoms with E-state index in [1.165, 1.54) is 12.5 Å². The molecule has 19 heavy (non-hydrogen) atoms. The highest BCUT2D eigenvalue weighted by Crippen LogP contribution is 2.31. The lowest BCUT2D eigenvalue weighted by molar-refractivity contribution is -0.137. The molecule has 1 aromatic rings. The number of hydrogen-bond acceptors (Lipinski definition) is 2. The highest BCUT2D eigenvalue weighted by molar-refractivity contribution is 5.28. The van der Waals surface area contributed by atoms with Gasteiger partial charge in [-0.2, -0.15) is 13.2 Å². The Morgan fingerprint density at radius 3 is 2.58 bits per heavy atom. The summed E-state index contributed by atoms with van der Waals surface area (Å²) in [6.45, 7) is 0.365. The number of nitrogens with one attached hydrogen (secondary N) is 1. The van der Waals surface area contributed by atoms with Crippen molar-refractivity contribution in [2.75, 3.05) is 13.2 Å². The molecule has 0 aliphatic heterocycles. The predicted molar refractivity (Wildman–Crippen MR) is 66.9 cm³/mol. The van der Waals surface area contributed by atoms with Crippen molar-refractivity contribution in [3.8, 4) is 0 Å². The first-order chi connectivity index (χ1) is 9.00. The van der Waals surface area contributed by atoms with Gasteiger partial charge in [0.25, 0.3) is 0 Å². The van der Waals surface area contributed by atoms with Gasteiger partial charge in [-0.1, -0.05) is 24.6 Å². The minimum atomic E-state index is -4.34. The largest absolute Gasteiger partial charge is 0.416 e. The lowest BCUT2D eigenvalue weighted by atomic mass is 9.91. The first kappa shape index (κ1) is 14.3. The van der Waals surface area contributed by atoms with Crippen molar-refractivity contribution in [2.24, 2.45) is 0 Å². The highest BCUT2D eigenvalue weighted by atomic mass is 19.4. The topological polar surface area (TPSA) is 32.3 Å². The lowest BCUT2D eigenvalue weighted by Gasteiger charge is -2.28. The van der Waals surface area contributed by atoms with E-state index in [0.717, 1.165) is 25.0 Å². The molecule has 1 aliphatic carbocycles. The summed E-state index contributed by atoms with van der Waals surface area (Å²) in [5, 5.41) is 12.6. The smallest absolute Gasteiger partial charge is 0.396 e. The lowest BCUT2D eigenvalue weighted by Crippen LogP contribution is -2.38. The van der Waals surface area contributed by atoms with Gasteiger partial charge < -0.3 is 10.4 Å². The van der Waals surface area contributed by atoms with E-state index in [4.69, 9.17) is 0 Å². The maximum Gasteiger partial charge on any atom is 0.416 e. The summed E-state index contributed by atoms with van der Waals surface area (Å²) < 4.78 is 37.9. The van der Waals surface area contributed by atoms with E-state index in [0.29, 0.717) is 18.2 Å². The normalized spacial score (nSPS) is 18.1. The SMILES string of the molecule is OCC(CNC1CCC1)c1cccc(C(F)(F)F)c1. The Hall–Kier alpha value is -1.07. The molecule has 0 spiro atoms. The van der Waals surface area contributed by atoms with Crippen LogP contribution in [0.5, 0.6) is 0 Å². The van der Waals surface area contributed by atoms with Crippen molar-refractivity contribution in [1.82, 2.24) is 5.32 Å². The minimum absolute atomic E-state index is 0.152. The van der Waals surface area contributed by atoms with Crippen LogP contribution >= 0.6 is 0 Å². The predicted octanol–water partition coefficient (Wildman–Crippen LogP) is 2.92. The zero-order chi connectivity index (χ0) is 13.9. The first-order valence-corrected chi connectivity index (χ1v) is 6.52. The molecule has 1 aromatic carbocycles. The Balaban J connectivity index is 2.04. The Kier molecular flexibility index (Phi) is 4.47. The van der Waals surface area contributed by atoms with Gasteiger partial charge in [0.05, 0.1) is 12.2 Å². The molecule has 0 radical (unpaired) electrons. The molecular weight excluding hydrogens is 255 g/mol. The Morgan fingerprint density at radius 1 is 1.32 bits per heavy atom. The summed E-state index contributed by atoms with van der Waals surface area (Å²) in [5.74, 6) is -0.289. The van der Waals surface area contributed by atoms with Gasteiger partial charge in [-0.15, -0.1) is 0 Å². The van der Waals surface area contributed by atoms with Gasteiger partial charge in [-0.05, 0) is 24.5 Å². The second-order valence-electron chi connectivity index (χ2n) is 5.04. The molecule has 1 aliphatic rings. The molecule has 2 nitrogen and oxygen atoms in total. The molecule has 0 heterocycles. The second-order valence-corrected chi connectivity index (χ2v) is 5.04. The van der Waals surface area contributed by atoms with E-state index < -0.39 is 11.7 Å². The maximum absolute atomic E-state index is 12.6. The zero-order valence-electron chi connectivity index (χ0n) is 10.6. The Morgan fingerprint density at radius 2 is 2.05 bits per heavy atom. The number of halogens is 3. The van der Waals surface area contributed by atoms with Crippen molar-refractivity contribution < 1.29 is 18.3 Å². The second kappa shape index (κ2) is 5.92. The van der Waals surface area contributed by atoms with Crippen molar-refractivity contribution in [2.45, 2.75) is 37.4 Å². The molecule has 0 bridgehead atoms. The van der Waals surface area contributed by atoms with Crippen molar-refractivity contribution in [1.29, 1.82) is 0 Å². The van der Waals surface area contributed by atoms with Crippen LogP contribution in [0.25, 0.3) is 0 Å². The first-order valence-electron chi connectivity index (χ1n) is 6.52. The molecule has 5 heteroatoms. The maximum atomic E-state index is 12.6. The standard InChI is InChI=1S/C14H18F3NO/c15-14(16,17)12-4-1-3-10(7-12)11(9-19)8-18-13-5-2-6-13/h1,3-4,7,11,13,18-19H,2,5-6,8-9H2. The molecule has 2 rings (SSSR count). The summed E-state index contributed by atoms with van der Waals surface area (Å²) in [5.41, 5.74) is -0.128. The van der Waals surface area contributed by atoms with Crippen LogP contribution in [0.1, 0.15) is 36.3 Å². The minimum Gasteiger partial charge on any atom is -0.396 e. The number of rotatable bonds is 5. The highest BCUT2D eigenvalue weighted by Gasteiger charge is 2.31. The average Bonchev–Trinajstić information content (AvgIpc) is 2.31. The van der Waals surface area contributed by atoms with Crippen molar-refractivity contribution in [3.63, 3.8) is 0 Å². The number of alkyl halides is 3. The molecule has 1 atom stereocenters. The third-order valence-corrected chi connectivity index (χ3v) is 3.66. The van der Waals surface area contributed by atoms with Gasteiger partial charge in [0.1, 0.15) is 0 Å². The van der Waals surface area contributed by atoms with E-state index in [1.54, 1.807) is 6.07 Å². The van der Waals surface area contributed by atoms with Gasteiger partial charge in [0.2, 0.25) is 0 Å². The fourth-order valence-electron chi connectivity index (χ4n) is 2.18. The summed E-state index contributed by atoms with van der Waals surface area (Å²) in [4.78, 5) is 0. The molecule has 1 saturated carbocycles. The van der Waals surface area contributed by atoms with E-state index in [2.05, 4.69) is 5.32 Å². The van der Waals surface area contributed by atoms with Crippen molar-refractivity contribution >= 4 is 0 Å². The van der Waals surface area contributed by atoms with Crippen molar-refractivity contribution in [3.05, 3.63) is 35.4 Å². The molecule has 0 amide bonds. The molecule has 106 valence electrons. The van der Waals surface area contributed by atoms with Gasteiger partial charge in [-0.3, -0.25) is 0 Å². The summed E-state index contributed by atoms with van der Waals surface area (Å²) >= 11 is 0. The molecule has 1 unspecified atom stereocenters. The third-order valence-electron chi connectivity index (χ3n) is 3.66. The molecule has 0 saturated heterocycles. The molecular formula is C14H18F3NO. The quantitative estimate of drug-likeness (QED) is 0.864. The number of benzene rings is 1. The van der Waals surface area contributed by atoms with Gasteiger partial charge in [-0.25, -0.2) is 0 Å². The van der Waals surface area contributed by atoms with Crippen LogP contribution in [0.4, 0.5) is 13.2 Å². The summed E-state index contributed by atoms with van der Waals surface area (Å²) in [6, 6.07) is 5.67. The number of aliphatic hydroxyl groups excluding tert-OH is 1. The van der Waals surface area contributed by atoms with Crippen LogP contribution in [0, 0.1) is 0 Å². The average molecular weight is 273 g/mol. The van der Waals surface area contributed by atoms with Crippen LogP contribution in [0.2, 0.25) is 0 Å². The van der Waals surface area contributed by atoms with E-state index >= 15 is 0 Å². The molecule has 0 aromatic heterocycles. The van der Waals surface area contributed by atoms with Crippen LogP contribution in [-0.2, 0) is 6.18 Å². The molecule has 2 N–H and O–H groups in total. The van der Waals surface area contributed by atoms with Crippen LogP contribution in [0.3, 0.4) is 0 Å². The fraction of sp³-hybridized carbons (Fsp3) is 0.571. The Labute approximate surface area is 110 Å². The number of aliphatic hydroxyl groups is 1. The monoisotopic (exact) mass is 273 g/mol.